The maximum atomic E-state index is 14.1. The first-order valence-corrected chi connectivity index (χ1v) is 18.8. The van der Waals surface area contributed by atoms with Gasteiger partial charge in [-0.3, -0.25) is 4.79 Å². The minimum absolute atomic E-state index is 0.0346. The molecule has 0 bridgehead atoms. The van der Waals surface area contributed by atoms with Gasteiger partial charge in [-0.1, -0.05) is 58.0 Å². The van der Waals surface area contributed by atoms with Crippen molar-refractivity contribution >= 4 is 33.3 Å². The molecule has 0 radical (unpaired) electrons. The van der Waals surface area contributed by atoms with Gasteiger partial charge in [0.25, 0.3) is 0 Å². The number of urea groups is 1. The second-order valence-corrected chi connectivity index (χ2v) is 15.9. The Morgan fingerprint density at radius 3 is 2.35 bits per heavy atom. The quantitative estimate of drug-likeness (QED) is 0.202. The fourth-order valence-corrected chi connectivity index (χ4v) is 8.32. The first kappa shape index (κ1) is 38.2. The Kier molecular flexibility index (Phi) is 13.6. The molecule has 4 rings (SSSR count). The molecule has 3 aromatic rings. The van der Waals surface area contributed by atoms with Crippen LogP contribution in [0, 0.1) is 11.8 Å². The number of hydrogen-bond acceptors (Lipinski definition) is 9. The van der Waals surface area contributed by atoms with E-state index in [1.54, 1.807) is 29.0 Å². The number of hydrogen-bond donors (Lipinski definition) is 2. The number of aliphatic hydroxyl groups excluding tert-OH is 1. The van der Waals surface area contributed by atoms with Gasteiger partial charge in [0.05, 0.1) is 43.0 Å². The summed E-state index contributed by atoms with van der Waals surface area (Å²) in [6.45, 7) is 9.02. The van der Waals surface area contributed by atoms with Gasteiger partial charge in [0.15, 0.2) is 0 Å². The van der Waals surface area contributed by atoms with E-state index < -0.39 is 34.1 Å². The average molecular weight is 716 g/mol. The van der Waals surface area contributed by atoms with E-state index in [1.165, 1.54) is 34.9 Å². The molecule has 1 saturated heterocycles. The predicted molar refractivity (Wildman–Crippen MR) is 189 cm³/mol. The summed E-state index contributed by atoms with van der Waals surface area (Å²) in [6, 6.07) is 13.6. The number of benzene rings is 2. The minimum Gasteiger partial charge on any atom is -0.497 e. The van der Waals surface area contributed by atoms with Gasteiger partial charge in [-0.25, -0.2) is 18.2 Å². The van der Waals surface area contributed by atoms with Gasteiger partial charge >= 0.3 is 6.03 Å². The zero-order valence-corrected chi connectivity index (χ0v) is 30.7. The molecule has 0 saturated carbocycles. The van der Waals surface area contributed by atoms with Crippen LogP contribution in [0.2, 0.25) is 0 Å². The van der Waals surface area contributed by atoms with Gasteiger partial charge in [0.2, 0.25) is 15.9 Å². The van der Waals surface area contributed by atoms with Crippen molar-refractivity contribution in [2.75, 3.05) is 40.4 Å². The number of amides is 3. The zero-order chi connectivity index (χ0) is 35.7. The second-order valence-electron chi connectivity index (χ2n) is 13.0. The van der Waals surface area contributed by atoms with Crippen molar-refractivity contribution in [2.24, 2.45) is 11.8 Å². The van der Waals surface area contributed by atoms with Crippen molar-refractivity contribution < 1.29 is 32.6 Å². The molecule has 49 heavy (non-hydrogen) atoms. The summed E-state index contributed by atoms with van der Waals surface area (Å²) >= 11 is 1.47. The molecular weight excluding hydrogens is 667 g/mol. The lowest BCUT2D eigenvalue weighted by atomic mass is 9.97. The van der Waals surface area contributed by atoms with Gasteiger partial charge in [0.1, 0.15) is 16.8 Å². The van der Waals surface area contributed by atoms with Crippen LogP contribution in [0.5, 0.6) is 5.75 Å². The zero-order valence-electron chi connectivity index (χ0n) is 29.1. The summed E-state index contributed by atoms with van der Waals surface area (Å²) < 4.78 is 39.3. The number of carbonyl (C=O) groups is 2. The number of sulfonamides is 1. The van der Waals surface area contributed by atoms with Gasteiger partial charge in [0, 0.05) is 38.7 Å². The molecule has 14 heteroatoms. The largest absolute Gasteiger partial charge is 0.497 e. The third-order valence-electron chi connectivity index (χ3n) is 8.33. The maximum absolute atomic E-state index is 14.1. The molecule has 12 nitrogen and oxygen atoms in total. The van der Waals surface area contributed by atoms with Crippen LogP contribution >= 0.6 is 11.3 Å². The topological polar surface area (TPSA) is 142 Å². The van der Waals surface area contributed by atoms with E-state index in [9.17, 15) is 23.1 Å². The minimum atomic E-state index is -4.00. The number of aliphatic hydroxyl groups is 1. The number of methoxy groups -OCH3 is 2. The Morgan fingerprint density at radius 1 is 1.04 bits per heavy atom. The molecule has 268 valence electrons. The molecule has 3 amide bonds. The highest BCUT2D eigenvalue weighted by molar-refractivity contribution is 7.89. The van der Waals surface area contributed by atoms with Crippen LogP contribution in [-0.2, 0) is 39.1 Å². The Bertz CT molecular complexity index is 1620. The summed E-state index contributed by atoms with van der Waals surface area (Å²) in [7, 11) is -0.886. The molecule has 2 heterocycles. The third-order valence-corrected chi connectivity index (χ3v) is 11.0. The first-order valence-electron chi connectivity index (χ1n) is 16.5. The second kappa shape index (κ2) is 17.4. The highest BCUT2D eigenvalue weighted by atomic mass is 32.2. The molecule has 1 fully saturated rings. The number of ether oxygens (including phenoxy) is 2. The van der Waals surface area contributed by atoms with Crippen LogP contribution in [0.1, 0.15) is 44.0 Å². The van der Waals surface area contributed by atoms with E-state index in [4.69, 9.17) is 9.47 Å². The molecule has 0 spiro atoms. The van der Waals surface area contributed by atoms with Crippen LogP contribution in [0.3, 0.4) is 0 Å². The van der Waals surface area contributed by atoms with E-state index in [1.807, 2.05) is 63.4 Å². The van der Waals surface area contributed by atoms with Gasteiger partial charge in [-0.05, 0) is 48.1 Å². The van der Waals surface area contributed by atoms with Crippen molar-refractivity contribution in [2.45, 2.75) is 70.4 Å². The number of carbonyl (C=O) groups excluding carboxylic acids is 2. The van der Waals surface area contributed by atoms with Gasteiger partial charge in [-0.2, -0.15) is 4.31 Å². The van der Waals surface area contributed by atoms with Crippen molar-refractivity contribution in [1.29, 1.82) is 0 Å². The number of nitrogens with zero attached hydrogens (tertiary/aromatic N) is 4. The molecule has 0 aliphatic carbocycles. The molecule has 1 unspecified atom stereocenters. The normalized spacial score (nSPS) is 15.7. The average Bonchev–Trinajstić information content (AvgIpc) is 3.66. The fourth-order valence-electron chi connectivity index (χ4n) is 5.95. The molecule has 1 aromatic heterocycles. The molecule has 1 aliphatic heterocycles. The van der Waals surface area contributed by atoms with E-state index >= 15 is 0 Å². The Balaban J connectivity index is 1.55. The van der Waals surface area contributed by atoms with Crippen LogP contribution in [0.4, 0.5) is 4.79 Å². The van der Waals surface area contributed by atoms with Crippen LogP contribution < -0.4 is 10.1 Å². The van der Waals surface area contributed by atoms with E-state index in [2.05, 4.69) is 10.3 Å². The number of rotatable bonds is 18. The molecular formula is C35H49N5O7S2. The van der Waals surface area contributed by atoms with Crippen molar-refractivity contribution in [3.8, 4) is 5.75 Å². The summed E-state index contributed by atoms with van der Waals surface area (Å²) in [5.74, 6) is -0.153. The van der Waals surface area contributed by atoms with Crippen molar-refractivity contribution in [3.63, 3.8) is 0 Å². The lowest BCUT2D eigenvalue weighted by Gasteiger charge is -2.34. The molecule has 3 atom stereocenters. The summed E-state index contributed by atoms with van der Waals surface area (Å²) in [6.07, 6.45) is -1.01. The standard InChI is InChI=1S/C35H49N5O7S2/c1-24(2)19-39(49(44,45)29-14-12-28(47-6)13-15-29)21-31(41)30(18-26-10-8-7-9-11-26)37-34(42)33(25(3)4)40-17-16-38(35(40)43)20-27-23-48-32(36-27)22-46-5/h7-15,23-25,30-31,33,41H,16-22H2,1-6H3,(H,37,42)/t30-,31+,33?/m0/s1. The number of aromatic nitrogens is 1. The van der Waals surface area contributed by atoms with Crippen molar-refractivity contribution in [1.82, 2.24) is 24.4 Å². The summed E-state index contributed by atoms with van der Waals surface area (Å²) in [4.78, 5) is 35.6. The van der Waals surface area contributed by atoms with Gasteiger partial charge < -0.3 is 29.7 Å². The van der Waals surface area contributed by atoms with E-state index in [0.717, 1.165) is 16.3 Å². The lowest BCUT2D eigenvalue weighted by molar-refractivity contribution is -0.128. The highest BCUT2D eigenvalue weighted by Gasteiger charge is 2.40. The maximum Gasteiger partial charge on any atom is 0.321 e. The SMILES string of the molecule is COCc1nc(CN2CCN(C(C(=O)N[C@@H](Cc3ccccc3)[C@H](O)CN(CC(C)C)S(=O)(=O)c3ccc(OC)cc3)C(C)C)C2=O)cs1. The van der Waals surface area contributed by atoms with Crippen LogP contribution in [-0.4, -0.2) is 103 Å². The molecule has 1 aliphatic rings. The van der Waals surface area contributed by atoms with E-state index in [-0.39, 0.29) is 42.3 Å². The third kappa shape index (κ3) is 10.0. The lowest BCUT2D eigenvalue weighted by Crippen LogP contribution is -2.57. The fraction of sp³-hybridized carbons (Fsp3) is 0.514. The monoisotopic (exact) mass is 715 g/mol. The highest BCUT2D eigenvalue weighted by Crippen LogP contribution is 2.24. The molecule has 2 N–H and O–H groups in total. The predicted octanol–water partition coefficient (Wildman–Crippen LogP) is 4.00. The number of nitrogens with one attached hydrogen (secondary N) is 1. The van der Waals surface area contributed by atoms with Crippen molar-refractivity contribution in [3.05, 3.63) is 76.2 Å². The Labute approximate surface area is 294 Å². The number of thiazole rings is 1. The van der Waals surface area contributed by atoms with Crippen LogP contribution in [0.15, 0.2) is 64.9 Å². The summed E-state index contributed by atoms with van der Waals surface area (Å²) in [5, 5.41) is 17.5. The Hall–Kier alpha value is -3.56. The first-order chi connectivity index (χ1) is 23.3. The van der Waals surface area contributed by atoms with Crippen LogP contribution in [0.25, 0.3) is 0 Å². The summed E-state index contributed by atoms with van der Waals surface area (Å²) in [5.41, 5.74) is 1.63. The molecule has 2 aromatic carbocycles. The Morgan fingerprint density at radius 2 is 1.73 bits per heavy atom. The smallest absolute Gasteiger partial charge is 0.321 e. The van der Waals surface area contributed by atoms with E-state index in [0.29, 0.717) is 32.0 Å². The van der Waals surface area contributed by atoms with Gasteiger partial charge in [-0.15, -0.1) is 11.3 Å².